The van der Waals surface area contributed by atoms with Crippen molar-refractivity contribution >= 4 is 16.7 Å². The van der Waals surface area contributed by atoms with E-state index in [4.69, 9.17) is 9.47 Å². The van der Waals surface area contributed by atoms with E-state index >= 15 is 0 Å². The van der Waals surface area contributed by atoms with Crippen molar-refractivity contribution in [1.29, 1.82) is 0 Å². The molecule has 2 atom stereocenters. The standard InChI is InChI=1S/C29H39NO3/c1-5-32-29(31)28-14-15-30(18-21(28)4)19-22-6-7-25-17-27(13-10-24(25)16-22)33-26-11-8-23(9-12-26)20(2)3/h6-7,10,13,16-17,21,23,26,28H,2,5,8-9,11-12,14-15,18-19H2,1,3-4H3. The van der Waals surface area contributed by atoms with Gasteiger partial charge in [-0.1, -0.05) is 37.3 Å². The molecule has 33 heavy (non-hydrogen) atoms. The van der Waals surface area contributed by atoms with Crippen molar-refractivity contribution < 1.29 is 14.3 Å². The summed E-state index contributed by atoms with van der Waals surface area (Å²) in [6.45, 7) is 13.6. The Labute approximate surface area is 198 Å². The molecule has 0 N–H and O–H groups in total. The van der Waals surface area contributed by atoms with Gasteiger partial charge in [0.1, 0.15) is 5.75 Å². The van der Waals surface area contributed by atoms with Crippen LogP contribution in [0.4, 0.5) is 0 Å². The number of hydrogen-bond acceptors (Lipinski definition) is 4. The van der Waals surface area contributed by atoms with Crippen LogP contribution in [0.1, 0.15) is 58.4 Å². The minimum Gasteiger partial charge on any atom is -0.490 e. The molecule has 2 aromatic rings. The first kappa shape index (κ1) is 23.8. The Kier molecular flexibility index (Phi) is 7.75. The van der Waals surface area contributed by atoms with Gasteiger partial charge in [0.2, 0.25) is 0 Å². The number of likely N-dealkylation sites (tertiary alicyclic amines) is 1. The lowest BCUT2D eigenvalue weighted by molar-refractivity contribution is -0.151. The third kappa shape index (κ3) is 5.97. The molecule has 4 rings (SSSR count). The summed E-state index contributed by atoms with van der Waals surface area (Å²) in [4.78, 5) is 14.6. The highest BCUT2D eigenvalue weighted by Gasteiger charge is 2.32. The molecule has 2 unspecified atom stereocenters. The summed E-state index contributed by atoms with van der Waals surface area (Å²) < 4.78 is 11.6. The molecule has 178 valence electrons. The van der Waals surface area contributed by atoms with Crippen LogP contribution in [-0.4, -0.2) is 36.7 Å². The molecule has 2 fully saturated rings. The van der Waals surface area contributed by atoms with Crippen LogP contribution < -0.4 is 4.74 Å². The maximum atomic E-state index is 12.2. The van der Waals surface area contributed by atoms with E-state index in [2.05, 4.69) is 61.7 Å². The predicted molar refractivity (Wildman–Crippen MR) is 134 cm³/mol. The van der Waals surface area contributed by atoms with Crippen molar-refractivity contribution in [3.63, 3.8) is 0 Å². The van der Waals surface area contributed by atoms with Crippen LogP contribution in [0.5, 0.6) is 5.75 Å². The van der Waals surface area contributed by atoms with Crippen molar-refractivity contribution in [2.75, 3.05) is 19.7 Å². The zero-order valence-corrected chi connectivity index (χ0v) is 20.5. The van der Waals surface area contributed by atoms with Gasteiger partial charge >= 0.3 is 5.97 Å². The lowest BCUT2D eigenvalue weighted by Gasteiger charge is -2.35. The topological polar surface area (TPSA) is 38.8 Å². The number of esters is 1. The molecule has 1 aliphatic heterocycles. The molecule has 4 nitrogen and oxygen atoms in total. The number of piperidine rings is 1. The molecule has 1 saturated heterocycles. The molecule has 1 heterocycles. The Morgan fingerprint density at radius 3 is 2.48 bits per heavy atom. The van der Waals surface area contributed by atoms with Crippen LogP contribution in [-0.2, 0) is 16.1 Å². The van der Waals surface area contributed by atoms with E-state index in [1.54, 1.807) is 0 Å². The fourth-order valence-electron chi connectivity index (χ4n) is 5.54. The van der Waals surface area contributed by atoms with Gasteiger partial charge in [-0.3, -0.25) is 9.69 Å². The smallest absolute Gasteiger partial charge is 0.309 e. The Balaban J connectivity index is 1.34. The number of ether oxygens (including phenoxy) is 2. The molecular weight excluding hydrogens is 410 g/mol. The highest BCUT2D eigenvalue weighted by atomic mass is 16.5. The number of allylic oxidation sites excluding steroid dienone is 1. The van der Waals surface area contributed by atoms with Gasteiger partial charge in [-0.15, -0.1) is 0 Å². The van der Waals surface area contributed by atoms with Crippen LogP contribution >= 0.6 is 0 Å². The van der Waals surface area contributed by atoms with Gasteiger partial charge in [-0.25, -0.2) is 0 Å². The highest BCUT2D eigenvalue weighted by Crippen LogP contribution is 2.32. The summed E-state index contributed by atoms with van der Waals surface area (Å²) in [5.74, 6) is 1.97. The number of hydrogen-bond donors (Lipinski definition) is 0. The van der Waals surface area contributed by atoms with E-state index in [1.807, 2.05) is 6.92 Å². The lowest BCUT2D eigenvalue weighted by atomic mass is 9.83. The van der Waals surface area contributed by atoms with Crippen LogP contribution in [0, 0.1) is 17.8 Å². The van der Waals surface area contributed by atoms with Crippen LogP contribution in [0.2, 0.25) is 0 Å². The molecular formula is C29H39NO3. The average Bonchev–Trinajstić information content (AvgIpc) is 2.80. The third-order valence-electron chi connectivity index (χ3n) is 7.53. The Hall–Kier alpha value is -2.33. The predicted octanol–water partition coefficient (Wildman–Crippen LogP) is 6.37. The van der Waals surface area contributed by atoms with Crippen LogP contribution in [0.15, 0.2) is 48.6 Å². The number of nitrogens with zero attached hydrogens (tertiary/aromatic N) is 1. The monoisotopic (exact) mass is 449 g/mol. The normalized spacial score (nSPS) is 26.2. The molecule has 0 aromatic heterocycles. The second kappa shape index (κ2) is 10.7. The van der Waals surface area contributed by atoms with E-state index in [9.17, 15) is 4.79 Å². The third-order valence-corrected chi connectivity index (χ3v) is 7.53. The summed E-state index contributed by atoms with van der Waals surface area (Å²) >= 11 is 0. The average molecular weight is 450 g/mol. The van der Waals surface area contributed by atoms with Gasteiger partial charge in [0.25, 0.3) is 0 Å². The van der Waals surface area contributed by atoms with Gasteiger partial charge < -0.3 is 9.47 Å². The quantitative estimate of drug-likeness (QED) is 0.363. The van der Waals surface area contributed by atoms with E-state index in [0.29, 0.717) is 24.5 Å². The second-order valence-electron chi connectivity index (χ2n) is 10.1. The zero-order chi connectivity index (χ0) is 23.4. The van der Waals surface area contributed by atoms with Gasteiger partial charge in [0.15, 0.2) is 0 Å². The molecule has 1 aliphatic carbocycles. The van der Waals surface area contributed by atoms with E-state index in [-0.39, 0.29) is 11.9 Å². The van der Waals surface area contributed by atoms with E-state index in [1.165, 1.54) is 34.8 Å². The Morgan fingerprint density at radius 2 is 1.79 bits per heavy atom. The number of benzene rings is 2. The molecule has 0 bridgehead atoms. The second-order valence-corrected chi connectivity index (χ2v) is 10.1. The minimum atomic E-state index is -0.0303. The number of carbonyl (C=O) groups excluding carboxylic acids is 1. The van der Waals surface area contributed by atoms with E-state index < -0.39 is 0 Å². The molecule has 0 spiro atoms. The molecule has 0 amide bonds. The first-order valence-corrected chi connectivity index (χ1v) is 12.7. The maximum Gasteiger partial charge on any atom is 0.309 e. The van der Waals surface area contributed by atoms with Gasteiger partial charge in [-0.2, -0.15) is 0 Å². The SMILES string of the molecule is C=C(C)C1CCC(Oc2ccc3cc(CN4CCC(C(=O)OCC)C(C)C4)ccc3c2)CC1. The summed E-state index contributed by atoms with van der Waals surface area (Å²) in [7, 11) is 0. The van der Waals surface area contributed by atoms with Gasteiger partial charge in [0.05, 0.1) is 18.6 Å². The van der Waals surface area contributed by atoms with E-state index in [0.717, 1.165) is 44.6 Å². The van der Waals surface area contributed by atoms with Crippen LogP contribution in [0.3, 0.4) is 0 Å². The number of fused-ring (bicyclic) bond motifs is 1. The summed E-state index contributed by atoms with van der Waals surface area (Å²) in [5, 5.41) is 2.47. The Morgan fingerprint density at radius 1 is 1.06 bits per heavy atom. The Bertz CT molecular complexity index is 976. The van der Waals surface area contributed by atoms with Gasteiger partial charge in [-0.05, 0) is 98.9 Å². The lowest BCUT2D eigenvalue weighted by Crippen LogP contribution is -2.42. The molecule has 0 radical (unpaired) electrons. The number of rotatable bonds is 7. The van der Waals surface area contributed by atoms with Crippen molar-refractivity contribution in [2.24, 2.45) is 17.8 Å². The molecule has 1 saturated carbocycles. The van der Waals surface area contributed by atoms with Crippen molar-refractivity contribution in [2.45, 2.75) is 65.5 Å². The molecule has 4 heteroatoms. The fourth-order valence-corrected chi connectivity index (χ4v) is 5.54. The van der Waals surface area contributed by atoms with Crippen molar-refractivity contribution in [3.8, 4) is 5.75 Å². The first-order chi connectivity index (χ1) is 15.9. The summed E-state index contributed by atoms with van der Waals surface area (Å²) in [6.07, 6.45) is 5.79. The fraction of sp³-hybridized carbons (Fsp3) is 0.552. The van der Waals surface area contributed by atoms with Crippen LogP contribution in [0.25, 0.3) is 10.8 Å². The van der Waals surface area contributed by atoms with Gasteiger partial charge in [0, 0.05) is 13.1 Å². The minimum absolute atomic E-state index is 0.0303. The zero-order valence-electron chi connectivity index (χ0n) is 20.5. The largest absolute Gasteiger partial charge is 0.490 e. The molecule has 2 aliphatic rings. The van der Waals surface area contributed by atoms with Crippen molar-refractivity contribution in [3.05, 3.63) is 54.1 Å². The number of carbonyl (C=O) groups is 1. The molecule has 2 aromatic carbocycles. The summed E-state index contributed by atoms with van der Waals surface area (Å²) in [6, 6.07) is 13.2. The summed E-state index contributed by atoms with van der Waals surface area (Å²) in [5.41, 5.74) is 2.63. The van der Waals surface area contributed by atoms with Crippen molar-refractivity contribution in [1.82, 2.24) is 4.90 Å². The first-order valence-electron chi connectivity index (χ1n) is 12.7. The maximum absolute atomic E-state index is 12.2. The highest BCUT2D eigenvalue weighted by molar-refractivity contribution is 5.84.